The van der Waals surface area contributed by atoms with E-state index in [-0.39, 0.29) is 6.54 Å². The van der Waals surface area contributed by atoms with Crippen molar-refractivity contribution in [3.63, 3.8) is 0 Å². The second kappa shape index (κ2) is 8.26. The molecule has 0 radical (unpaired) electrons. The lowest BCUT2D eigenvalue weighted by Crippen LogP contribution is -2.28. The quantitative estimate of drug-likeness (QED) is 0.714. The van der Waals surface area contributed by atoms with Crippen molar-refractivity contribution in [3.05, 3.63) is 65.2 Å². The fourth-order valence-electron chi connectivity index (χ4n) is 2.53. The van der Waals surface area contributed by atoms with E-state index < -0.39 is 17.8 Å². The van der Waals surface area contributed by atoms with Crippen LogP contribution in [0.5, 0.6) is 0 Å². The Kier molecular flexibility index (Phi) is 6.03. The number of hydrogen-bond acceptors (Lipinski definition) is 3. The van der Waals surface area contributed by atoms with Gasteiger partial charge in [-0.25, -0.2) is 4.79 Å². The van der Waals surface area contributed by atoms with Gasteiger partial charge in [-0.15, -0.1) is 23.5 Å². The molecule has 0 bridgehead atoms. The van der Waals surface area contributed by atoms with E-state index >= 15 is 0 Å². The van der Waals surface area contributed by atoms with Gasteiger partial charge in [0.05, 0.1) is 10.1 Å². The lowest BCUT2D eigenvalue weighted by molar-refractivity contribution is -0.137. The van der Waals surface area contributed by atoms with Gasteiger partial charge in [-0.3, -0.25) is 0 Å². The van der Waals surface area contributed by atoms with Crippen LogP contribution in [0, 0.1) is 0 Å². The molecule has 2 N–H and O–H groups in total. The summed E-state index contributed by atoms with van der Waals surface area (Å²) < 4.78 is 38.5. The summed E-state index contributed by atoms with van der Waals surface area (Å²) in [5.41, 5.74) is 1.48. The van der Waals surface area contributed by atoms with Gasteiger partial charge in [-0.2, -0.15) is 13.2 Å². The summed E-state index contributed by atoms with van der Waals surface area (Å²) in [6.07, 6.45) is -4.39. The van der Waals surface area contributed by atoms with Crippen LogP contribution >= 0.6 is 23.5 Å². The Labute approximate surface area is 158 Å². The zero-order valence-electron chi connectivity index (χ0n) is 13.7. The molecular formula is C18H17F3N2OS2. The number of carbonyl (C=O) groups is 1. The van der Waals surface area contributed by atoms with E-state index in [1.165, 1.54) is 6.07 Å². The van der Waals surface area contributed by atoms with Crippen LogP contribution in [-0.2, 0) is 12.7 Å². The largest absolute Gasteiger partial charge is 0.416 e. The van der Waals surface area contributed by atoms with Crippen molar-refractivity contribution in [1.29, 1.82) is 0 Å². The van der Waals surface area contributed by atoms with Gasteiger partial charge in [0, 0.05) is 23.7 Å². The van der Waals surface area contributed by atoms with E-state index in [9.17, 15) is 18.0 Å². The molecule has 26 heavy (non-hydrogen) atoms. The summed E-state index contributed by atoms with van der Waals surface area (Å²) in [5, 5.41) is 5.32. The number of alkyl halides is 3. The zero-order valence-corrected chi connectivity index (χ0v) is 15.3. The fourth-order valence-corrected chi connectivity index (χ4v) is 5.37. The second-order valence-corrected chi connectivity index (χ2v) is 8.43. The predicted molar refractivity (Wildman–Crippen MR) is 101 cm³/mol. The van der Waals surface area contributed by atoms with Crippen molar-refractivity contribution in [2.45, 2.75) is 17.3 Å². The maximum absolute atomic E-state index is 12.7. The number of anilines is 1. The van der Waals surface area contributed by atoms with Crippen molar-refractivity contribution < 1.29 is 18.0 Å². The number of benzene rings is 2. The first-order valence-corrected chi connectivity index (χ1v) is 10.1. The summed E-state index contributed by atoms with van der Waals surface area (Å²) in [6, 6.07) is 12.1. The maximum Gasteiger partial charge on any atom is 0.416 e. The van der Waals surface area contributed by atoms with Crippen LogP contribution in [0.3, 0.4) is 0 Å². The van der Waals surface area contributed by atoms with E-state index in [0.717, 1.165) is 29.2 Å². The average Bonchev–Trinajstić information content (AvgIpc) is 3.14. The van der Waals surface area contributed by atoms with Crippen molar-refractivity contribution in [2.75, 3.05) is 16.8 Å². The Balaban J connectivity index is 1.57. The van der Waals surface area contributed by atoms with Gasteiger partial charge >= 0.3 is 12.2 Å². The molecule has 1 heterocycles. The molecule has 1 aliphatic rings. The number of thioether (sulfide) groups is 2. The highest BCUT2D eigenvalue weighted by Gasteiger charge is 2.30. The standard InChI is InChI=1S/C18H17F3N2OS2/c19-18(20,21)14-5-1-3-12(9-14)11-22-17(24)23-15-6-2-4-13(10-15)16-25-7-8-26-16/h1-6,9-10,16H,7-8,11H2,(H2,22,23,24). The molecule has 1 aliphatic heterocycles. The molecule has 2 aromatic rings. The van der Waals surface area contributed by atoms with Crippen molar-refractivity contribution in [1.82, 2.24) is 5.32 Å². The first-order valence-electron chi connectivity index (χ1n) is 7.96. The molecule has 1 saturated heterocycles. The normalized spacial score (nSPS) is 15.0. The minimum Gasteiger partial charge on any atom is -0.334 e. The third kappa shape index (κ3) is 5.11. The number of halogens is 3. The van der Waals surface area contributed by atoms with Crippen LogP contribution in [0.15, 0.2) is 48.5 Å². The van der Waals surface area contributed by atoms with Crippen LogP contribution < -0.4 is 10.6 Å². The molecule has 0 spiro atoms. The summed E-state index contributed by atoms with van der Waals surface area (Å²) >= 11 is 3.75. The molecule has 0 aromatic heterocycles. The van der Waals surface area contributed by atoms with Crippen molar-refractivity contribution in [2.24, 2.45) is 0 Å². The molecule has 3 nitrogen and oxygen atoms in total. The Morgan fingerprint density at radius 3 is 2.54 bits per heavy atom. The van der Waals surface area contributed by atoms with E-state index in [1.807, 2.05) is 41.7 Å². The predicted octanol–water partition coefficient (Wildman–Crippen LogP) is 5.51. The molecule has 3 rings (SSSR count). The molecule has 0 aliphatic carbocycles. The van der Waals surface area contributed by atoms with E-state index in [4.69, 9.17) is 0 Å². The number of nitrogens with one attached hydrogen (secondary N) is 2. The van der Waals surface area contributed by atoms with Gasteiger partial charge in [-0.05, 0) is 35.4 Å². The molecular weight excluding hydrogens is 381 g/mol. The van der Waals surface area contributed by atoms with E-state index in [0.29, 0.717) is 15.8 Å². The lowest BCUT2D eigenvalue weighted by atomic mass is 10.1. The zero-order chi connectivity index (χ0) is 18.6. The Bertz CT molecular complexity index is 777. The Morgan fingerprint density at radius 1 is 1.08 bits per heavy atom. The van der Waals surface area contributed by atoms with Crippen molar-refractivity contribution >= 4 is 35.2 Å². The maximum atomic E-state index is 12.7. The summed E-state index contributed by atoms with van der Waals surface area (Å²) in [6.45, 7) is 0.0176. The fraction of sp³-hybridized carbons (Fsp3) is 0.278. The third-order valence-electron chi connectivity index (χ3n) is 3.75. The van der Waals surface area contributed by atoms with E-state index in [2.05, 4.69) is 10.6 Å². The molecule has 1 fully saturated rings. The summed E-state index contributed by atoms with van der Waals surface area (Å²) in [7, 11) is 0. The molecule has 2 amide bonds. The molecule has 138 valence electrons. The number of hydrogen-bond donors (Lipinski definition) is 2. The molecule has 0 unspecified atom stereocenters. The third-order valence-corrected chi connectivity index (χ3v) is 6.85. The Hall–Kier alpha value is -1.80. The highest BCUT2D eigenvalue weighted by molar-refractivity contribution is 8.19. The van der Waals surface area contributed by atoms with Crippen LogP contribution in [0.4, 0.5) is 23.7 Å². The minimum absolute atomic E-state index is 0.0176. The molecule has 8 heteroatoms. The number of urea groups is 1. The van der Waals surface area contributed by atoms with Gasteiger partial charge in [0.15, 0.2) is 0 Å². The van der Waals surface area contributed by atoms with Gasteiger partial charge in [0.25, 0.3) is 0 Å². The Morgan fingerprint density at radius 2 is 1.81 bits per heavy atom. The monoisotopic (exact) mass is 398 g/mol. The van der Waals surface area contributed by atoms with Gasteiger partial charge in [-0.1, -0.05) is 24.3 Å². The van der Waals surface area contributed by atoms with Crippen LogP contribution in [0.1, 0.15) is 21.3 Å². The van der Waals surface area contributed by atoms with Gasteiger partial charge in [0.2, 0.25) is 0 Å². The van der Waals surface area contributed by atoms with Crippen LogP contribution in [0.25, 0.3) is 0 Å². The van der Waals surface area contributed by atoms with Crippen molar-refractivity contribution in [3.8, 4) is 0 Å². The second-order valence-electron chi connectivity index (χ2n) is 5.70. The van der Waals surface area contributed by atoms with Gasteiger partial charge < -0.3 is 10.6 Å². The number of rotatable bonds is 4. The van der Waals surface area contributed by atoms with Crippen LogP contribution in [-0.4, -0.2) is 17.5 Å². The summed E-state index contributed by atoms with van der Waals surface area (Å²) in [4.78, 5) is 12.0. The molecule has 2 aromatic carbocycles. The summed E-state index contributed by atoms with van der Waals surface area (Å²) in [5.74, 6) is 2.23. The minimum atomic E-state index is -4.39. The smallest absolute Gasteiger partial charge is 0.334 e. The van der Waals surface area contributed by atoms with E-state index in [1.54, 1.807) is 12.1 Å². The number of amides is 2. The highest BCUT2D eigenvalue weighted by Crippen LogP contribution is 2.45. The lowest BCUT2D eigenvalue weighted by Gasteiger charge is -2.12. The first-order chi connectivity index (χ1) is 12.4. The molecule has 0 saturated carbocycles. The SMILES string of the molecule is O=C(NCc1cccc(C(F)(F)F)c1)Nc1cccc(C2SCCS2)c1. The topological polar surface area (TPSA) is 41.1 Å². The van der Waals surface area contributed by atoms with Gasteiger partial charge in [0.1, 0.15) is 0 Å². The molecule has 0 atom stereocenters. The average molecular weight is 398 g/mol. The number of carbonyl (C=O) groups excluding carboxylic acids is 1. The first kappa shape index (κ1) is 19.0. The highest BCUT2D eigenvalue weighted by atomic mass is 32.2. The van der Waals surface area contributed by atoms with Crippen LogP contribution in [0.2, 0.25) is 0 Å².